The number of para-hydroxylation sites is 1. The lowest BCUT2D eigenvalue weighted by Gasteiger charge is -2.37. The SMILES string of the molecule is NNC(=NC1CC1)N1CCN(c2ccccc2Cl)CC1. The quantitative estimate of drug-likeness (QED) is 0.375. The number of anilines is 1. The minimum atomic E-state index is 0.475. The normalized spacial score (nSPS) is 20.2. The molecule has 1 aromatic carbocycles. The van der Waals surface area contributed by atoms with Gasteiger partial charge in [0.2, 0.25) is 5.96 Å². The molecule has 20 heavy (non-hydrogen) atoms. The summed E-state index contributed by atoms with van der Waals surface area (Å²) in [5, 5.41) is 0.810. The number of nitrogens with zero attached hydrogens (tertiary/aromatic N) is 3. The molecule has 3 rings (SSSR count). The van der Waals surface area contributed by atoms with Crippen molar-refractivity contribution in [2.75, 3.05) is 31.1 Å². The molecule has 0 amide bonds. The number of nitrogens with one attached hydrogen (secondary N) is 1. The third kappa shape index (κ3) is 2.99. The van der Waals surface area contributed by atoms with E-state index in [-0.39, 0.29) is 0 Å². The molecule has 1 saturated carbocycles. The molecule has 108 valence electrons. The van der Waals surface area contributed by atoms with Gasteiger partial charge in [-0.3, -0.25) is 5.43 Å². The molecule has 5 nitrogen and oxygen atoms in total. The van der Waals surface area contributed by atoms with E-state index < -0.39 is 0 Å². The summed E-state index contributed by atoms with van der Waals surface area (Å²) in [6, 6.07) is 8.46. The van der Waals surface area contributed by atoms with Gasteiger partial charge in [0.05, 0.1) is 16.8 Å². The Morgan fingerprint density at radius 2 is 1.90 bits per heavy atom. The van der Waals surface area contributed by atoms with Crippen molar-refractivity contribution in [3.8, 4) is 0 Å². The highest BCUT2D eigenvalue weighted by molar-refractivity contribution is 6.33. The molecule has 0 bridgehead atoms. The second-order valence-electron chi connectivity index (χ2n) is 5.25. The number of rotatable bonds is 2. The zero-order valence-corrected chi connectivity index (χ0v) is 12.2. The van der Waals surface area contributed by atoms with Gasteiger partial charge >= 0.3 is 0 Å². The second kappa shape index (κ2) is 5.89. The van der Waals surface area contributed by atoms with Crippen LogP contribution in [0.1, 0.15) is 12.8 Å². The maximum Gasteiger partial charge on any atom is 0.208 e. The van der Waals surface area contributed by atoms with Crippen LogP contribution in [0.2, 0.25) is 5.02 Å². The largest absolute Gasteiger partial charge is 0.367 e. The number of hydrogen-bond donors (Lipinski definition) is 2. The van der Waals surface area contributed by atoms with Crippen molar-refractivity contribution >= 4 is 23.2 Å². The summed E-state index contributed by atoms with van der Waals surface area (Å²) < 4.78 is 0. The van der Waals surface area contributed by atoms with Crippen LogP contribution in [-0.4, -0.2) is 43.1 Å². The lowest BCUT2D eigenvalue weighted by atomic mass is 10.2. The van der Waals surface area contributed by atoms with Crippen LogP contribution >= 0.6 is 11.6 Å². The van der Waals surface area contributed by atoms with Crippen LogP contribution in [0.25, 0.3) is 0 Å². The molecule has 3 N–H and O–H groups in total. The number of benzene rings is 1. The highest BCUT2D eigenvalue weighted by Crippen LogP contribution is 2.26. The molecule has 1 heterocycles. The van der Waals surface area contributed by atoms with E-state index >= 15 is 0 Å². The van der Waals surface area contributed by atoms with Gasteiger partial charge in [0.15, 0.2) is 0 Å². The number of nitrogens with two attached hydrogens (primary N) is 1. The Balaban J connectivity index is 1.63. The number of halogens is 1. The fourth-order valence-electron chi connectivity index (χ4n) is 2.45. The fraction of sp³-hybridized carbons (Fsp3) is 0.500. The summed E-state index contributed by atoms with van der Waals surface area (Å²) in [6.07, 6.45) is 2.37. The van der Waals surface area contributed by atoms with Crippen LogP contribution < -0.4 is 16.2 Å². The van der Waals surface area contributed by atoms with E-state index in [9.17, 15) is 0 Å². The lowest BCUT2D eigenvalue weighted by Crippen LogP contribution is -2.54. The molecular weight excluding hydrogens is 274 g/mol. The van der Waals surface area contributed by atoms with Crippen molar-refractivity contribution in [1.82, 2.24) is 10.3 Å². The van der Waals surface area contributed by atoms with Crippen molar-refractivity contribution < 1.29 is 0 Å². The predicted molar refractivity (Wildman–Crippen MR) is 83.0 cm³/mol. The molecule has 0 atom stereocenters. The topological polar surface area (TPSA) is 56.9 Å². The zero-order valence-electron chi connectivity index (χ0n) is 11.4. The van der Waals surface area contributed by atoms with Crippen LogP contribution in [0, 0.1) is 0 Å². The monoisotopic (exact) mass is 293 g/mol. The Hall–Kier alpha value is -1.46. The van der Waals surface area contributed by atoms with Crippen molar-refractivity contribution in [2.45, 2.75) is 18.9 Å². The Bertz CT molecular complexity index is 492. The van der Waals surface area contributed by atoms with Gasteiger partial charge in [0, 0.05) is 26.2 Å². The van der Waals surface area contributed by atoms with E-state index in [1.54, 1.807) is 0 Å². The summed E-state index contributed by atoms with van der Waals surface area (Å²) in [4.78, 5) is 9.13. The van der Waals surface area contributed by atoms with E-state index in [1.807, 2.05) is 18.2 Å². The molecule has 1 aliphatic heterocycles. The predicted octanol–water partition coefficient (Wildman–Crippen LogP) is 1.44. The van der Waals surface area contributed by atoms with Crippen molar-refractivity contribution in [1.29, 1.82) is 0 Å². The summed E-state index contributed by atoms with van der Waals surface area (Å²) in [7, 11) is 0. The average Bonchev–Trinajstić information content (AvgIpc) is 3.30. The van der Waals surface area contributed by atoms with Gasteiger partial charge in [-0.15, -0.1) is 0 Å². The third-order valence-corrected chi connectivity index (χ3v) is 4.07. The Morgan fingerprint density at radius 3 is 2.50 bits per heavy atom. The van der Waals surface area contributed by atoms with E-state index in [2.05, 4.69) is 26.3 Å². The van der Waals surface area contributed by atoms with Gasteiger partial charge in [0.1, 0.15) is 0 Å². The van der Waals surface area contributed by atoms with Crippen LogP contribution in [0.4, 0.5) is 5.69 Å². The molecular formula is C14H20ClN5. The molecule has 0 spiro atoms. The van der Waals surface area contributed by atoms with Gasteiger partial charge in [0.25, 0.3) is 0 Å². The van der Waals surface area contributed by atoms with Crippen molar-refractivity contribution in [3.05, 3.63) is 29.3 Å². The first kappa shape index (κ1) is 13.5. The van der Waals surface area contributed by atoms with E-state index in [4.69, 9.17) is 17.4 Å². The molecule has 1 aromatic rings. The smallest absolute Gasteiger partial charge is 0.208 e. The van der Waals surface area contributed by atoms with Gasteiger partial charge in [-0.25, -0.2) is 10.8 Å². The maximum absolute atomic E-state index is 6.25. The summed E-state index contributed by atoms with van der Waals surface area (Å²) in [5.74, 6) is 6.42. The number of piperazine rings is 1. The molecule has 2 fully saturated rings. The molecule has 6 heteroatoms. The average molecular weight is 294 g/mol. The minimum Gasteiger partial charge on any atom is -0.367 e. The van der Waals surface area contributed by atoms with Crippen molar-refractivity contribution in [2.24, 2.45) is 10.8 Å². The zero-order chi connectivity index (χ0) is 13.9. The van der Waals surface area contributed by atoms with Crippen LogP contribution in [0.3, 0.4) is 0 Å². The van der Waals surface area contributed by atoms with Crippen LogP contribution in [-0.2, 0) is 0 Å². The highest BCUT2D eigenvalue weighted by atomic mass is 35.5. The number of guanidine groups is 1. The molecule has 1 aliphatic carbocycles. The first-order chi connectivity index (χ1) is 9.78. The second-order valence-corrected chi connectivity index (χ2v) is 5.66. The number of hydrogen-bond acceptors (Lipinski definition) is 3. The Morgan fingerprint density at radius 1 is 1.20 bits per heavy atom. The van der Waals surface area contributed by atoms with Gasteiger partial charge in [-0.05, 0) is 25.0 Å². The standard InChI is InChI=1S/C14H20ClN5/c15-12-3-1-2-4-13(12)19-7-9-20(10-8-19)14(18-16)17-11-5-6-11/h1-4,11H,5-10,16H2,(H,17,18). The molecule has 0 aromatic heterocycles. The Labute approximate surface area is 124 Å². The fourth-order valence-corrected chi connectivity index (χ4v) is 2.71. The minimum absolute atomic E-state index is 0.475. The first-order valence-corrected chi connectivity index (χ1v) is 7.44. The van der Waals surface area contributed by atoms with E-state index in [0.29, 0.717) is 6.04 Å². The highest BCUT2D eigenvalue weighted by Gasteiger charge is 2.25. The van der Waals surface area contributed by atoms with E-state index in [0.717, 1.165) is 42.8 Å². The van der Waals surface area contributed by atoms with Crippen LogP contribution in [0.5, 0.6) is 0 Å². The summed E-state index contributed by atoms with van der Waals surface area (Å²) >= 11 is 6.25. The third-order valence-electron chi connectivity index (χ3n) is 3.75. The maximum atomic E-state index is 6.25. The lowest BCUT2D eigenvalue weighted by molar-refractivity contribution is 0.372. The molecule has 0 radical (unpaired) electrons. The van der Waals surface area contributed by atoms with Gasteiger partial charge in [-0.2, -0.15) is 0 Å². The summed E-state index contributed by atoms with van der Waals surface area (Å²) in [5.41, 5.74) is 3.85. The Kier molecular flexibility index (Phi) is 3.98. The first-order valence-electron chi connectivity index (χ1n) is 7.07. The molecule has 0 unspecified atom stereocenters. The molecule has 1 saturated heterocycles. The number of hydrazine groups is 1. The van der Waals surface area contributed by atoms with Crippen LogP contribution in [0.15, 0.2) is 29.3 Å². The number of aliphatic imine (C=N–C) groups is 1. The van der Waals surface area contributed by atoms with E-state index in [1.165, 1.54) is 12.8 Å². The van der Waals surface area contributed by atoms with Gasteiger partial charge in [-0.1, -0.05) is 23.7 Å². The van der Waals surface area contributed by atoms with Crippen molar-refractivity contribution in [3.63, 3.8) is 0 Å². The molecule has 2 aliphatic rings. The summed E-state index contributed by atoms with van der Waals surface area (Å²) in [6.45, 7) is 3.66. The van der Waals surface area contributed by atoms with Gasteiger partial charge < -0.3 is 9.80 Å².